The zero-order chi connectivity index (χ0) is 21.1. The highest BCUT2D eigenvalue weighted by atomic mass is 16.5. The summed E-state index contributed by atoms with van der Waals surface area (Å²) in [5.74, 6) is 0.472. The van der Waals surface area contributed by atoms with E-state index in [1.807, 2.05) is 49.4 Å². The number of carbonyl (C=O) groups is 1. The summed E-state index contributed by atoms with van der Waals surface area (Å²) in [7, 11) is 0. The maximum absolute atomic E-state index is 12.5. The molecule has 152 valence electrons. The van der Waals surface area contributed by atoms with Gasteiger partial charge in [0.1, 0.15) is 5.75 Å². The first kappa shape index (κ1) is 19.3. The number of nitrogens with two attached hydrogens (primary N) is 1. The van der Waals surface area contributed by atoms with Gasteiger partial charge in [-0.05, 0) is 48.9 Å². The second-order valence-electron chi connectivity index (χ2n) is 6.87. The number of anilines is 2. The molecule has 4 aromatic rings. The number of imidazole rings is 1. The SMILES string of the molecule is CCOc1ccc2c(c1)[nH]c(=O)n2Cc1ccc(C(=O)Nc2ccccc2N)cc1. The Bertz CT molecular complexity index is 1260. The minimum atomic E-state index is -0.243. The molecule has 0 bridgehead atoms. The number of hydrogen-bond donors (Lipinski definition) is 3. The van der Waals surface area contributed by atoms with Gasteiger partial charge in [-0.3, -0.25) is 9.36 Å². The number of hydrogen-bond acceptors (Lipinski definition) is 4. The highest BCUT2D eigenvalue weighted by molar-refractivity contribution is 6.05. The van der Waals surface area contributed by atoms with E-state index in [4.69, 9.17) is 10.5 Å². The molecule has 4 rings (SSSR count). The van der Waals surface area contributed by atoms with Crippen LogP contribution in [-0.2, 0) is 6.54 Å². The van der Waals surface area contributed by atoms with Crippen molar-refractivity contribution < 1.29 is 9.53 Å². The quantitative estimate of drug-likeness (QED) is 0.429. The van der Waals surface area contributed by atoms with Crippen molar-refractivity contribution in [2.24, 2.45) is 0 Å². The first-order chi connectivity index (χ1) is 14.5. The van der Waals surface area contributed by atoms with E-state index in [1.165, 1.54) is 0 Å². The summed E-state index contributed by atoms with van der Waals surface area (Å²) in [5, 5.41) is 2.80. The Labute approximate surface area is 173 Å². The maximum atomic E-state index is 12.5. The third-order valence-corrected chi connectivity index (χ3v) is 4.82. The van der Waals surface area contributed by atoms with Gasteiger partial charge in [-0.2, -0.15) is 0 Å². The molecule has 0 aliphatic rings. The topological polar surface area (TPSA) is 102 Å². The van der Waals surface area contributed by atoms with Crippen molar-refractivity contribution in [3.8, 4) is 5.75 Å². The van der Waals surface area contributed by atoms with Crippen molar-refractivity contribution in [1.29, 1.82) is 0 Å². The number of nitrogen functional groups attached to an aromatic ring is 1. The summed E-state index contributed by atoms with van der Waals surface area (Å²) < 4.78 is 7.15. The fourth-order valence-corrected chi connectivity index (χ4v) is 3.31. The summed E-state index contributed by atoms with van der Waals surface area (Å²) in [5.41, 5.74) is 9.70. The number of benzene rings is 3. The van der Waals surface area contributed by atoms with E-state index in [0.29, 0.717) is 35.8 Å². The molecule has 30 heavy (non-hydrogen) atoms. The fourth-order valence-electron chi connectivity index (χ4n) is 3.31. The lowest BCUT2D eigenvalue weighted by Crippen LogP contribution is -2.17. The van der Waals surface area contributed by atoms with Gasteiger partial charge in [0.25, 0.3) is 5.91 Å². The van der Waals surface area contributed by atoms with Crippen LogP contribution in [0.3, 0.4) is 0 Å². The number of carbonyl (C=O) groups excluding carboxylic acids is 1. The van der Waals surface area contributed by atoms with Crippen molar-refractivity contribution in [1.82, 2.24) is 9.55 Å². The smallest absolute Gasteiger partial charge is 0.326 e. The molecule has 1 heterocycles. The number of H-pyrrole nitrogens is 1. The van der Waals surface area contributed by atoms with Gasteiger partial charge < -0.3 is 20.8 Å². The average Bonchev–Trinajstić information content (AvgIpc) is 3.05. The Morgan fingerprint density at radius 2 is 1.87 bits per heavy atom. The lowest BCUT2D eigenvalue weighted by Gasteiger charge is -2.09. The Morgan fingerprint density at radius 3 is 2.60 bits per heavy atom. The summed E-state index contributed by atoms with van der Waals surface area (Å²) in [4.78, 5) is 27.7. The minimum Gasteiger partial charge on any atom is -0.494 e. The van der Waals surface area contributed by atoms with Crippen LogP contribution in [0, 0.1) is 0 Å². The van der Waals surface area contributed by atoms with Crippen LogP contribution in [0.25, 0.3) is 11.0 Å². The van der Waals surface area contributed by atoms with Crippen molar-refractivity contribution in [3.05, 3.63) is 88.3 Å². The number of para-hydroxylation sites is 2. The van der Waals surface area contributed by atoms with Gasteiger partial charge in [0, 0.05) is 11.6 Å². The average molecular weight is 402 g/mol. The Hall–Kier alpha value is -4.00. The monoisotopic (exact) mass is 402 g/mol. The molecule has 0 radical (unpaired) electrons. The zero-order valence-corrected chi connectivity index (χ0v) is 16.5. The van der Waals surface area contributed by atoms with Crippen LogP contribution >= 0.6 is 0 Å². The third kappa shape index (κ3) is 3.91. The minimum absolute atomic E-state index is 0.194. The van der Waals surface area contributed by atoms with Crippen molar-refractivity contribution in [3.63, 3.8) is 0 Å². The second kappa shape index (κ2) is 8.16. The van der Waals surface area contributed by atoms with E-state index in [2.05, 4.69) is 10.3 Å². The summed E-state index contributed by atoms with van der Waals surface area (Å²) >= 11 is 0. The summed E-state index contributed by atoms with van der Waals surface area (Å²) in [6.07, 6.45) is 0. The molecular formula is C23H22N4O3. The normalized spacial score (nSPS) is 10.8. The van der Waals surface area contributed by atoms with E-state index in [9.17, 15) is 9.59 Å². The highest BCUT2D eigenvalue weighted by Crippen LogP contribution is 2.20. The standard InChI is InChI=1S/C23H22N4O3/c1-2-30-17-11-12-21-20(13-17)26-23(29)27(21)14-15-7-9-16(10-8-15)22(28)25-19-6-4-3-5-18(19)24/h3-13H,2,14,24H2,1H3,(H,25,28)(H,26,29). The largest absolute Gasteiger partial charge is 0.494 e. The van der Waals surface area contributed by atoms with Crippen LogP contribution in [0.15, 0.2) is 71.5 Å². The first-order valence-corrected chi connectivity index (χ1v) is 9.65. The van der Waals surface area contributed by atoms with Gasteiger partial charge in [0.05, 0.1) is 35.6 Å². The molecule has 7 nitrogen and oxygen atoms in total. The Morgan fingerprint density at radius 1 is 1.10 bits per heavy atom. The Balaban J connectivity index is 1.52. The van der Waals surface area contributed by atoms with Gasteiger partial charge in [0.2, 0.25) is 0 Å². The van der Waals surface area contributed by atoms with E-state index in [1.54, 1.807) is 28.8 Å². The molecular weight excluding hydrogens is 380 g/mol. The van der Waals surface area contributed by atoms with Crippen LogP contribution in [0.4, 0.5) is 11.4 Å². The Kier molecular flexibility index (Phi) is 5.26. The number of rotatable bonds is 6. The molecule has 0 fully saturated rings. The number of nitrogens with zero attached hydrogens (tertiary/aromatic N) is 1. The van der Waals surface area contributed by atoms with Crippen molar-refractivity contribution in [2.45, 2.75) is 13.5 Å². The van der Waals surface area contributed by atoms with Crippen molar-refractivity contribution in [2.75, 3.05) is 17.7 Å². The van der Waals surface area contributed by atoms with Gasteiger partial charge in [0.15, 0.2) is 0 Å². The number of amides is 1. The number of aromatic nitrogens is 2. The molecule has 4 N–H and O–H groups in total. The molecule has 0 saturated heterocycles. The van der Waals surface area contributed by atoms with Crippen LogP contribution in [-0.4, -0.2) is 22.1 Å². The fraction of sp³-hybridized carbons (Fsp3) is 0.130. The molecule has 0 atom stereocenters. The van der Waals surface area contributed by atoms with Crippen LogP contribution in [0.1, 0.15) is 22.8 Å². The van der Waals surface area contributed by atoms with E-state index >= 15 is 0 Å². The molecule has 3 aromatic carbocycles. The number of ether oxygens (including phenoxy) is 1. The summed E-state index contributed by atoms with van der Waals surface area (Å²) in [6, 6.07) is 19.8. The molecule has 0 aliphatic heterocycles. The second-order valence-corrected chi connectivity index (χ2v) is 6.87. The van der Waals surface area contributed by atoms with E-state index < -0.39 is 0 Å². The molecule has 0 aliphatic carbocycles. The third-order valence-electron chi connectivity index (χ3n) is 4.82. The van der Waals surface area contributed by atoms with Gasteiger partial charge in [-0.25, -0.2) is 4.79 Å². The maximum Gasteiger partial charge on any atom is 0.326 e. The summed E-state index contributed by atoms with van der Waals surface area (Å²) in [6.45, 7) is 2.87. The molecule has 7 heteroatoms. The lowest BCUT2D eigenvalue weighted by molar-refractivity contribution is 0.102. The number of aromatic amines is 1. The number of nitrogens with one attached hydrogen (secondary N) is 2. The first-order valence-electron chi connectivity index (χ1n) is 9.65. The molecule has 1 amide bonds. The molecule has 0 unspecified atom stereocenters. The highest BCUT2D eigenvalue weighted by Gasteiger charge is 2.11. The lowest BCUT2D eigenvalue weighted by atomic mass is 10.1. The van der Waals surface area contributed by atoms with E-state index in [-0.39, 0.29) is 11.6 Å². The van der Waals surface area contributed by atoms with Crippen molar-refractivity contribution >= 4 is 28.3 Å². The predicted octanol–water partition coefficient (Wildman–Crippen LogP) is 3.61. The van der Waals surface area contributed by atoms with E-state index in [0.717, 1.165) is 16.6 Å². The van der Waals surface area contributed by atoms with Gasteiger partial charge in [-0.15, -0.1) is 0 Å². The molecule has 1 aromatic heterocycles. The van der Waals surface area contributed by atoms with Gasteiger partial charge in [-0.1, -0.05) is 24.3 Å². The number of fused-ring (bicyclic) bond motifs is 1. The van der Waals surface area contributed by atoms with Crippen LogP contribution in [0.5, 0.6) is 5.75 Å². The molecule has 0 spiro atoms. The van der Waals surface area contributed by atoms with Crippen LogP contribution in [0.2, 0.25) is 0 Å². The van der Waals surface area contributed by atoms with Crippen LogP contribution < -0.4 is 21.5 Å². The van der Waals surface area contributed by atoms with Gasteiger partial charge >= 0.3 is 5.69 Å². The zero-order valence-electron chi connectivity index (χ0n) is 16.5. The molecule has 0 saturated carbocycles. The predicted molar refractivity (Wildman–Crippen MR) is 118 cm³/mol.